The van der Waals surface area contributed by atoms with E-state index in [4.69, 9.17) is 17.0 Å². The second kappa shape index (κ2) is 13.5. The van der Waals surface area contributed by atoms with Gasteiger partial charge in [-0.1, -0.05) is 103 Å². The minimum Gasteiger partial charge on any atom is -0.473 e. The number of piperazine rings is 1. The molecular weight excluding hydrogens is 577 g/mol. The van der Waals surface area contributed by atoms with Gasteiger partial charge in [0.2, 0.25) is 0 Å². The number of thiocarbonyl (C=S) groups is 1. The van der Waals surface area contributed by atoms with E-state index < -0.39 is 11.5 Å². The number of carbonyl (C=O) groups excluding carboxylic acids is 1. The largest absolute Gasteiger partial charge is 0.473 e. The van der Waals surface area contributed by atoms with E-state index in [1.54, 1.807) is 12.3 Å². The van der Waals surface area contributed by atoms with Crippen molar-refractivity contribution >= 4 is 23.0 Å². The molecule has 1 fully saturated rings. The van der Waals surface area contributed by atoms with Gasteiger partial charge in [-0.3, -0.25) is 4.79 Å². The summed E-state index contributed by atoms with van der Waals surface area (Å²) in [6.07, 6.45) is 3.13. The minimum absolute atomic E-state index is 0.115. The number of likely N-dealkylation sites (N-methyl/N-ethyl adjacent to an activating group) is 1. The maximum atomic E-state index is 14.5. The van der Waals surface area contributed by atoms with Gasteiger partial charge in [0, 0.05) is 54.6 Å². The summed E-state index contributed by atoms with van der Waals surface area (Å²) < 4.78 is 7.18. The van der Waals surface area contributed by atoms with Crippen LogP contribution in [-0.2, 0) is 5.60 Å². The van der Waals surface area contributed by atoms with Crippen LogP contribution in [-0.4, -0.2) is 63.8 Å². The Bertz CT molecular complexity index is 1650. The summed E-state index contributed by atoms with van der Waals surface area (Å²) in [6, 6.07) is 38.2. The van der Waals surface area contributed by atoms with E-state index in [2.05, 4.69) is 63.2 Å². The average molecular weight is 613 g/mol. The zero-order valence-corrected chi connectivity index (χ0v) is 26.4. The lowest BCUT2D eigenvalue weighted by Gasteiger charge is -2.37. The molecule has 6 nitrogen and oxygen atoms in total. The van der Waals surface area contributed by atoms with Crippen molar-refractivity contribution in [1.82, 2.24) is 19.8 Å². The van der Waals surface area contributed by atoms with E-state index in [0.29, 0.717) is 22.0 Å². The van der Waals surface area contributed by atoms with Gasteiger partial charge in [-0.25, -0.2) is 9.97 Å². The quantitative estimate of drug-likeness (QED) is 0.104. The molecule has 1 unspecified atom stereocenters. The number of benzene rings is 4. The van der Waals surface area contributed by atoms with Gasteiger partial charge >= 0.3 is 0 Å². The van der Waals surface area contributed by atoms with Crippen LogP contribution in [0.4, 0.5) is 0 Å². The molecule has 1 aromatic heterocycles. The van der Waals surface area contributed by atoms with Crippen molar-refractivity contribution in [3.05, 3.63) is 161 Å². The Hall–Kier alpha value is -4.72. The molecule has 1 aliphatic rings. The normalized spacial score (nSPS) is 14.5. The Labute approximate surface area is 270 Å². The van der Waals surface area contributed by atoms with Crippen molar-refractivity contribution in [3.8, 4) is 5.75 Å². The average Bonchev–Trinajstić information content (AvgIpc) is 3.09. The van der Waals surface area contributed by atoms with Crippen molar-refractivity contribution in [2.75, 3.05) is 33.2 Å². The second-order valence-electron chi connectivity index (χ2n) is 11.5. The maximum Gasteiger partial charge on any atom is 0.184 e. The van der Waals surface area contributed by atoms with Gasteiger partial charge in [0.05, 0.1) is 10.7 Å². The van der Waals surface area contributed by atoms with Crippen LogP contribution < -0.4 is 4.74 Å². The Morgan fingerprint density at radius 3 is 1.87 bits per heavy atom. The fourth-order valence-electron chi connectivity index (χ4n) is 6.04. The highest BCUT2D eigenvalue weighted by Crippen LogP contribution is 2.42. The summed E-state index contributed by atoms with van der Waals surface area (Å²) in [5.74, 6) is -0.249. The highest BCUT2D eigenvalue weighted by molar-refractivity contribution is 7.80. The molecule has 0 spiro atoms. The predicted molar refractivity (Wildman–Crippen MR) is 182 cm³/mol. The number of rotatable bonds is 9. The number of aromatic nitrogens is 2. The lowest BCUT2D eigenvalue weighted by atomic mass is 9.80. The topological polar surface area (TPSA) is 58.6 Å². The number of ether oxygens (including phenoxy) is 1. The Balaban J connectivity index is 1.45. The van der Waals surface area contributed by atoms with E-state index in [1.165, 1.54) is 6.33 Å². The molecule has 45 heavy (non-hydrogen) atoms. The molecule has 1 atom stereocenters. The zero-order valence-electron chi connectivity index (χ0n) is 25.5. The molecule has 5 aromatic rings. The molecule has 0 bridgehead atoms. The number of aryl methyl sites for hydroxylation is 1. The van der Waals surface area contributed by atoms with Crippen LogP contribution in [0.3, 0.4) is 0 Å². The van der Waals surface area contributed by atoms with Gasteiger partial charge < -0.3 is 14.5 Å². The molecule has 7 heteroatoms. The summed E-state index contributed by atoms with van der Waals surface area (Å²) in [5.41, 5.74) is 3.99. The Morgan fingerprint density at radius 1 is 0.800 bits per heavy atom. The molecule has 0 amide bonds. The summed E-state index contributed by atoms with van der Waals surface area (Å²) >= 11 is 6.03. The zero-order chi connectivity index (χ0) is 31.2. The standard InChI is InChI=1S/C38H36N4O2S/c1-28-24-29(36(43)35(34-18-19-39-27-40-34)37(45)42-22-20-41(2)21-23-42)26-33(25-28)44-38(30-12-6-3-7-13-30,31-14-8-4-9-15-31)32-16-10-5-11-17-32/h3-19,24-27,35H,20-23H2,1-2H3. The van der Waals surface area contributed by atoms with Crippen LogP contribution in [0.25, 0.3) is 0 Å². The van der Waals surface area contributed by atoms with Crippen LogP contribution in [0.5, 0.6) is 5.75 Å². The highest BCUT2D eigenvalue weighted by atomic mass is 32.1. The van der Waals surface area contributed by atoms with Gasteiger partial charge in [0.1, 0.15) is 18.0 Å². The molecule has 0 saturated carbocycles. The molecule has 1 saturated heterocycles. The molecule has 1 aliphatic heterocycles. The van der Waals surface area contributed by atoms with Crippen molar-refractivity contribution in [3.63, 3.8) is 0 Å². The first-order valence-electron chi connectivity index (χ1n) is 15.2. The van der Waals surface area contributed by atoms with Gasteiger partial charge in [0.25, 0.3) is 0 Å². The van der Waals surface area contributed by atoms with Crippen LogP contribution in [0.15, 0.2) is 128 Å². The summed E-state index contributed by atoms with van der Waals surface area (Å²) in [5, 5.41) is 0. The number of carbonyl (C=O) groups is 1. The molecule has 0 aliphatic carbocycles. The third kappa shape index (κ3) is 6.41. The molecule has 2 heterocycles. The first kappa shape index (κ1) is 30.3. The first-order chi connectivity index (χ1) is 22.0. The summed E-state index contributed by atoms with van der Waals surface area (Å²) in [7, 11) is 2.10. The van der Waals surface area contributed by atoms with E-state index in [1.807, 2.05) is 79.7 Å². The summed E-state index contributed by atoms with van der Waals surface area (Å²) in [6.45, 7) is 5.28. The molecule has 0 radical (unpaired) electrons. The van der Waals surface area contributed by atoms with Gasteiger partial charge in [-0.05, 0) is 43.8 Å². The van der Waals surface area contributed by atoms with Crippen LogP contribution in [0, 0.1) is 6.92 Å². The number of Topliss-reactive ketones (excluding diaryl/α,β-unsaturated/α-hetero) is 1. The predicted octanol–water partition coefficient (Wildman–Crippen LogP) is 6.70. The molecular formula is C38H36N4O2S. The lowest BCUT2D eigenvalue weighted by Crippen LogP contribution is -2.49. The van der Waals surface area contributed by atoms with Crippen LogP contribution in [0.2, 0.25) is 0 Å². The van der Waals surface area contributed by atoms with Crippen LogP contribution in [0.1, 0.15) is 44.2 Å². The third-order valence-corrected chi connectivity index (χ3v) is 8.87. The maximum absolute atomic E-state index is 14.5. The Kier molecular flexibility index (Phi) is 9.10. The van der Waals surface area contributed by atoms with Crippen molar-refractivity contribution in [2.45, 2.75) is 18.4 Å². The number of nitrogens with zero attached hydrogens (tertiary/aromatic N) is 4. The van der Waals surface area contributed by atoms with Gasteiger partial charge in [0.15, 0.2) is 11.4 Å². The Morgan fingerprint density at radius 2 is 1.36 bits per heavy atom. The van der Waals surface area contributed by atoms with E-state index >= 15 is 0 Å². The molecule has 0 N–H and O–H groups in total. The fourth-order valence-corrected chi connectivity index (χ4v) is 6.45. The SMILES string of the molecule is Cc1cc(OC(c2ccccc2)(c2ccccc2)c2ccccc2)cc(C(=O)C(C(=S)N2CCN(C)CC2)c2ccncn2)c1. The lowest BCUT2D eigenvalue weighted by molar-refractivity contribution is 0.0973. The van der Waals surface area contributed by atoms with E-state index in [0.717, 1.165) is 48.4 Å². The number of hydrogen-bond donors (Lipinski definition) is 0. The van der Waals surface area contributed by atoms with Crippen molar-refractivity contribution in [2.24, 2.45) is 0 Å². The third-order valence-electron chi connectivity index (χ3n) is 8.37. The smallest absolute Gasteiger partial charge is 0.184 e. The summed E-state index contributed by atoms with van der Waals surface area (Å²) in [4.78, 5) is 28.1. The fraction of sp³-hybridized carbons (Fsp3) is 0.211. The highest BCUT2D eigenvalue weighted by Gasteiger charge is 2.39. The van der Waals surface area contributed by atoms with Crippen molar-refractivity contribution < 1.29 is 9.53 Å². The minimum atomic E-state index is -0.973. The molecule has 4 aromatic carbocycles. The number of ketones is 1. The van der Waals surface area contributed by atoms with Crippen molar-refractivity contribution in [1.29, 1.82) is 0 Å². The molecule has 226 valence electrons. The van der Waals surface area contributed by atoms with E-state index in [-0.39, 0.29) is 5.78 Å². The second-order valence-corrected chi connectivity index (χ2v) is 11.9. The van der Waals surface area contributed by atoms with Gasteiger partial charge in [-0.2, -0.15) is 0 Å². The monoisotopic (exact) mass is 612 g/mol. The molecule has 6 rings (SSSR count). The first-order valence-corrected chi connectivity index (χ1v) is 15.6. The van der Waals surface area contributed by atoms with Crippen LogP contribution >= 0.6 is 12.2 Å². The number of hydrogen-bond acceptors (Lipinski definition) is 6. The van der Waals surface area contributed by atoms with Gasteiger partial charge in [-0.15, -0.1) is 0 Å². The van der Waals surface area contributed by atoms with E-state index in [9.17, 15) is 4.79 Å².